The molecule has 0 fully saturated rings. The number of aryl methyl sites for hydroxylation is 1. The van der Waals surface area contributed by atoms with Gasteiger partial charge in [0, 0.05) is 13.0 Å². The number of hydrogen-bond acceptors (Lipinski definition) is 8. The highest BCUT2D eigenvalue weighted by molar-refractivity contribution is 8.01. The summed E-state index contributed by atoms with van der Waals surface area (Å²) >= 11 is 3.16. The number of nitrogens with zero attached hydrogens (tertiary/aromatic N) is 4. The van der Waals surface area contributed by atoms with Gasteiger partial charge in [-0.15, -0.1) is 10.2 Å². The Morgan fingerprint density at radius 3 is 2.90 bits per heavy atom. The van der Waals surface area contributed by atoms with E-state index in [-0.39, 0.29) is 5.25 Å². The molecule has 1 unspecified atom stereocenters. The molecule has 0 aliphatic heterocycles. The average molecular weight is 327 g/mol. The molecule has 116 valence electrons. The van der Waals surface area contributed by atoms with Crippen LogP contribution in [0.3, 0.4) is 0 Å². The lowest BCUT2D eigenvalue weighted by Gasteiger charge is -2.01. The van der Waals surface area contributed by atoms with Crippen molar-refractivity contribution in [3.05, 3.63) is 11.7 Å². The van der Waals surface area contributed by atoms with E-state index in [9.17, 15) is 0 Å². The molecule has 2 rings (SSSR count). The van der Waals surface area contributed by atoms with E-state index in [0.717, 1.165) is 41.1 Å². The molecular weight excluding hydrogens is 306 g/mol. The molecule has 0 saturated carbocycles. The minimum atomic E-state index is 0.0829. The molecule has 0 aliphatic rings. The van der Waals surface area contributed by atoms with E-state index < -0.39 is 0 Å². The standard InChI is InChI=1S/C13H21N5OS2/c1-4-6-8-14-12-16-17-13(21-12)20-9(3)11-15-10(7-5-2)18-19-11/h9H,4-8H2,1-3H3,(H,14,16). The van der Waals surface area contributed by atoms with Gasteiger partial charge in [0.05, 0.1) is 5.25 Å². The van der Waals surface area contributed by atoms with Gasteiger partial charge in [0.15, 0.2) is 10.2 Å². The fourth-order valence-electron chi connectivity index (χ4n) is 1.66. The molecule has 0 aliphatic carbocycles. The van der Waals surface area contributed by atoms with Gasteiger partial charge in [-0.3, -0.25) is 0 Å². The summed E-state index contributed by atoms with van der Waals surface area (Å²) in [4.78, 5) is 4.41. The van der Waals surface area contributed by atoms with Gasteiger partial charge in [-0.25, -0.2) is 0 Å². The Hall–Kier alpha value is -1.15. The Morgan fingerprint density at radius 2 is 2.14 bits per heavy atom. The van der Waals surface area contributed by atoms with Gasteiger partial charge < -0.3 is 9.84 Å². The number of thioether (sulfide) groups is 1. The molecule has 2 heterocycles. The maximum absolute atomic E-state index is 5.30. The molecule has 0 saturated heterocycles. The third-order valence-corrected chi connectivity index (χ3v) is 4.85. The summed E-state index contributed by atoms with van der Waals surface area (Å²) in [6, 6.07) is 0. The fourth-order valence-corrected chi connectivity index (χ4v) is 3.61. The Labute approximate surface area is 133 Å². The van der Waals surface area contributed by atoms with Gasteiger partial charge in [0.25, 0.3) is 0 Å². The lowest BCUT2D eigenvalue weighted by atomic mass is 10.3. The first-order valence-electron chi connectivity index (χ1n) is 7.29. The van der Waals surface area contributed by atoms with Crippen molar-refractivity contribution in [2.24, 2.45) is 0 Å². The van der Waals surface area contributed by atoms with Crippen molar-refractivity contribution in [1.82, 2.24) is 20.3 Å². The Kier molecular flexibility index (Phi) is 6.44. The van der Waals surface area contributed by atoms with E-state index in [1.165, 1.54) is 6.42 Å². The third kappa shape index (κ3) is 4.96. The van der Waals surface area contributed by atoms with Crippen LogP contribution in [0, 0.1) is 0 Å². The van der Waals surface area contributed by atoms with E-state index in [1.807, 2.05) is 6.92 Å². The average Bonchev–Trinajstić information content (AvgIpc) is 3.09. The summed E-state index contributed by atoms with van der Waals surface area (Å²) < 4.78 is 6.21. The molecule has 6 nitrogen and oxygen atoms in total. The van der Waals surface area contributed by atoms with E-state index >= 15 is 0 Å². The van der Waals surface area contributed by atoms with Gasteiger partial charge in [-0.1, -0.05) is 48.5 Å². The van der Waals surface area contributed by atoms with Crippen LogP contribution in [-0.4, -0.2) is 26.9 Å². The van der Waals surface area contributed by atoms with Crippen molar-refractivity contribution in [3.8, 4) is 0 Å². The highest BCUT2D eigenvalue weighted by atomic mass is 32.2. The normalized spacial score (nSPS) is 12.5. The number of unbranched alkanes of at least 4 members (excludes halogenated alkanes) is 1. The van der Waals surface area contributed by atoms with Crippen molar-refractivity contribution in [2.75, 3.05) is 11.9 Å². The van der Waals surface area contributed by atoms with E-state index in [0.29, 0.717) is 5.89 Å². The highest BCUT2D eigenvalue weighted by Crippen LogP contribution is 2.36. The zero-order chi connectivity index (χ0) is 15.1. The maximum atomic E-state index is 5.30. The Morgan fingerprint density at radius 1 is 1.29 bits per heavy atom. The zero-order valence-electron chi connectivity index (χ0n) is 12.6. The summed E-state index contributed by atoms with van der Waals surface area (Å²) in [5, 5.41) is 16.5. The second kappa shape index (κ2) is 8.33. The minimum absolute atomic E-state index is 0.0829. The van der Waals surface area contributed by atoms with Crippen LogP contribution < -0.4 is 5.32 Å². The van der Waals surface area contributed by atoms with Gasteiger partial charge in [-0.2, -0.15) is 4.98 Å². The van der Waals surface area contributed by atoms with E-state index in [1.54, 1.807) is 23.1 Å². The minimum Gasteiger partial charge on any atom is -0.360 e. The van der Waals surface area contributed by atoms with Crippen LogP contribution in [0.4, 0.5) is 5.13 Å². The molecule has 1 N–H and O–H groups in total. The Bertz CT molecular complexity index is 542. The molecular formula is C13H21N5OS2. The first kappa shape index (κ1) is 16.2. The van der Waals surface area contributed by atoms with Crippen molar-refractivity contribution < 1.29 is 4.52 Å². The topological polar surface area (TPSA) is 76.7 Å². The largest absolute Gasteiger partial charge is 0.360 e. The lowest BCUT2D eigenvalue weighted by Crippen LogP contribution is -1.99. The second-order valence-electron chi connectivity index (χ2n) is 4.71. The van der Waals surface area contributed by atoms with Crippen LogP contribution in [0.25, 0.3) is 0 Å². The van der Waals surface area contributed by atoms with Gasteiger partial charge in [0.1, 0.15) is 0 Å². The van der Waals surface area contributed by atoms with Gasteiger partial charge in [-0.05, 0) is 19.8 Å². The predicted octanol–water partition coefficient (Wildman–Crippen LogP) is 3.94. The van der Waals surface area contributed by atoms with Crippen LogP contribution in [0.1, 0.15) is 57.0 Å². The second-order valence-corrected chi connectivity index (χ2v) is 7.28. The van der Waals surface area contributed by atoms with Crippen LogP contribution in [0.15, 0.2) is 8.86 Å². The van der Waals surface area contributed by atoms with Crippen LogP contribution in [0.5, 0.6) is 0 Å². The number of nitrogens with one attached hydrogen (secondary N) is 1. The zero-order valence-corrected chi connectivity index (χ0v) is 14.3. The van der Waals surface area contributed by atoms with Crippen molar-refractivity contribution in [3.63, 3.8) is 0 Å². The van der Waals surface area contributed by atoms with E-state index in [4.69, 9.17) is 4.52 Å². The van der Waals surface area contributed by atoms with Crippen LogP contribution in [-0.2, 0) is 6.42 Å². The van der Waals surface area contributed by atoms with Gasteiger partial charge >= 0.3 is 0 Å². The van der Waals surface area contributed by atoms with Crippen LogP contribution >= 0.6 is 23.1 Å². The number of hydrogen-bond donors (Lipinski definition) is 1. The number of rotatable bonds is 9. The first-order valence-corrected chi connectivity index (χ1v) is 8.99. The SMILES string of the molecule is CCCCNc1nnc(SC(C)c2nc(CCC)no2)s1. The molecule has 8 heteroatoms. The number of anilines is 1. The fraction of sp³-hybridized carbons (Fsp3) is 0.692. The molecule has 2 aromatic rings. The molecule has 1 atom stereocenters. The molecule has 0 amide bonds. The summed E-state index contributed by atoms with van der Waals surface area (Å²) in [6.07, 6.45) is 4.18. The first-order chi connectivity index (χ1) is 10.2. The summed E-state index contributed by atoms with van der Waals surface area (Å²) in [6.45, 7) is 7.25. The predicted molar refractivity (Wildman–Crippen MR) is 85.9 cm³/mol. The van der Waals surface area contributed by atoms with Gasteiger partial charge in [0.2, 0.25) is 11.0 Å². The third-order valence-electron chi connectivity index (χ3n) is 2.80. The molecule has 0 aromatic carbocycles. The smallest absolute Gasteiger partial charge is 0.239 e. The molecule has 21 heavy (non-hydrogen) atoms. The Balaban J connectivity index is 1.88. The molecule has 0 radical (unpaired) electrons. The lowest BCUT2D eigenvalue weighted by molar-refractivity contribution is 0.374. The molecule has 2 aromatic heterocycles. The summed E-state index contributed by atoms with van der Waals surface area (Å²) in [7, 11) is 0. The van der Waals surface area contributed by atoms with E-state index in [2.05, 4.69) is 39.5 Å². The molecule has 0 spiro atoms. The number of aromatic nitrogens is 4. The maximum Gasteiger partial charge on any atom is 0.239 e. The summed E-state index contributed by atoms with van der Waals surface area (Å²) in [5.41, 5.74) is 0. The monoisotopic (exact) mass is 327 g/mol. The van der Waals surface area contributed by atoms with Crippen molar-refractivity contribution in [1.29, 1.82) is 0 Å². The summed E-state index contributed by atoms with van der Waals surface area (Å²) in [5.74, 6) is 1.43. The molecule has 0 bridgehead atoms. The van der Waals surface area contributed by atoms with Crippen molar-refractivity contribution in [2.45, 2.75) is 56.0 Å². The van der Waals surface area contributed by atoms with Crippen molar-refractivity contribution >= 4 is 28.2 Å². The quantitative estimate of drug-likeness (QED) is 0.552. The highest BCUT2D eigenvalue weighted by Gasteiger charge is 2.17. The van der Waals surface area contributed by atoms with Crippen LogP contribution in [0.2, 0.25) is 0 Å².